The molecule has 0 bridgehead atoms. The molecule has 13 heavy (non-hydrogen) atoms. The van der Waals surface area contributed by atoms with Crippen LogP contribution in [-0.4, -0.2) is 16.8 Å². The molecule has 1 aromatic carbocycles. The van der Waals surface area contributed by atoms with E-state index in [9.17, 15) is 4.79 Å². The van der Waals surface area contributed by atoms with Gasteiger partial charge in [-0.1, -0.05) is 13.0 Å². The van der Waals surface area contributed by atoms with Crippen LogP contribution < -0.4 is 0 Å². The topological polar surface area (TPSA) is 37.3 Å². The minimum atomic E-state index is -0.851. The van der Waals surface area contributed by atoms with Gasteiger partial charge < -0.3 is 5.11 Å². The summed E-state index contributed by atoms with van der Waals surface area (Å²) >= 11 is 1.56. The van der Waals surface area contributed by atoms with Crippen molar-refractivity contribution < 1.29 is 9.90 Å². The van der Waals surface area contributed by atoms with Crippen LogP contribution in [0.4, 0.5) is 0 Å². The second-order valence-electron chi connectivity index (χ2n) is 2.74. The third-order valence-corrected chi connectivity index (χ3v) is 2.60. The highest BCUT2D eigenvalue weighted by Gasteiger charge is 2.08. The predicted molar refractivity (Wildman–Crippen MR) is 54.5 cm³/mol. The first kappa shape index (κ1) is 10.1. The van der Waals surface area contributed by atoms with E-state index >= 15 is 0 Å². The number of benzene rings is 1. The third kappa shape index (κ3) is 2.49. The van der Waals surface area contributed by atoms with Crippen molar-refractivity contribution >= 4 is 17.7 Å². The molecule has 0 spiro atoms. The van der Waals surface area contributed by atoms with E-state index < -0.39 is 5.97 Å². The summed E-state index contributed by atoms with van der Waals surface area (Å²) in [5.41, 5.74) is 1.50. The van der Waals surface area contributed by atoms with Gasteiger partial charge in [0.2, 0.25) is 0 Å². The fraction of sp³-hybridized carbons (Fsp3) is 0.300. The molecule has 70 valence electrons. The Morgan fingerprint density at radius 1 is 1.54 bits per heavy atom. The number of carboxylic acid groups (broad SMARTS) is 1. The zero-order valence-corrected chi connectivity index (χ0v) is 8.52. The van der Waals surface area contributed by atoms with Gasteiger partial charge in [-0.15, -0.1) is 11.8 Å². The molecule has 0 saturated carbocycles. The number of aromatic carboxylic acids is 1. The number of aryl methyl sites for hydroxylation is 1. The molecule has 0 unspecified atom stereocenters. The monoisotopic (exact) mass is 196 g/mol. The summed E-state index contributed by atoms with van der Waals surface area (Å²) in [6.45, 7) is 3.98. The first-order valence-corrected chi connectivity index (χ1v) is 5.10. The lowest BCUT2D eigenvalue weighted by Crippen LogP contribution is -1.98. The van der Waals surface area contributed by atoms with Gasteiger partial charge in [0.25, 0.3) is 0 Å². The van der Waals surface area contributed by atoms with Crippen LogP contribution in [0.3, 0.4) is 0 Å². The fourth-order valence-corrected chi connectivity index (χ4v) is 1.97. The standard InChI is InChI=1S/C10H12O2S/c1-3-13-9-6-7(2)4-5-8(9)10(11)12/h4-6H,3H2,1-2H3,(H,11,12). The number of carbonyl (C=O) groups is 1. The van der Waals surface area contributed by atoms with Crippen LogP contribution in [0, 0.1) is 6.92 Å². The number of thioether (sulfide) groups is 1. The maximum atomic E-state index is 10.8. The van der Waals surface area contributed by atoms with Gasteiger partial charge >= 0.3 is 5.97 Å². The van der Waals surface area contributed by atoms with E-state index in [2.05, 4.69) is 0 Å². The summed E-state index contributed by atoms with van der Waals surface area (Å²) in [6.07, 6.45) is 0. The Morgan fingerprint density at radius 3 is 2.77 bits per heavy atom. The van der Waals surface area contributed by atoms with Crippen molar-refractivity contribution in [2.45, 2.75) is 18.7 Å². The van der Waals surface area contributed by atoms with E-state index in [4.69, 9.17) is 5.11 Å². The lowest BCUT2D eigenvalue weighted by Gasteiger charge is -2.04. The van der Waals surface area contributed by atoms with Gasteiger partial charge in [-0.25, -0.2) is 4.79 Å². The van der Waals surface area contributed by atoms with Gasteiger partial charge in [-0.3, -0.25) is 0 Å². The lowest BCUT2D eigenvalue weighted by atomic mass is 10.1. The van der Waals surface area contributed by atoms with E-state index in [1.165, 1.54) is 0 Å². The van der Waals surface area contributed by atoms with Gasteiger partial charge in [-0.05, 0) is 30.4 Å². The number of rotatable bonds is 3. The highest BCUT2D eigenvalue weighted by molar-refractivity contribution is 7.99. The van der Waals surface area contributed by atoms with Crippen LogP contribution in [0.5, 0.6) is 0 Å². The Balaban J connectivity index is 3.10. The molecule has 1 N–H and O–H groups in total. The maximum Gasteiger partial charge on any atom is 0.336 e. The minimum Gasteiger partial charge on any atom is -0.478 e. The SMILES string of the molecule is CCSc1cc(C)ccc1C(=O)O. The van der Waals surface area contributed by atoms with Crippen LogP contribution in [0.25, 0.3) is 0 Å². The van der Waals surface area contributed by atoms with Gasteiger partial charge in [0, 0.05) is 4.90 Å². The quantitative estimate of drug-likeness (QED) is 0.755. The zero-order valence-electron chi connectivity index (χ0n) is 7.70. The van der Waals surface area contributed by atoms with Crippen LogP contribution in [0.15, 0.2) is 23.1 Å². The van der Waals surface area contributed by atoms with Crippen molar-refractivity contribution in [3.8, 4) is 0 Å². The third-order valence-electron chi connectivity index (χ3n) is 1.67. The molecular formula is C10H12O2S. The minimum absolute atomic E-state index is 0.400. The van der Waals surface area contributed by atoms with Crippen LogP contribution in [0.1, 0.15) is 22.8 Å². The number of hydrogen-bond donors (Lipinski definition) is 1. The van der Waals surface area contributed by atoms with Crippen molar-refractivity contribution in [1.82, 2.24) is 0 Å². The van der Waals surface area contributed by atoms with Crippen molar-refractivity contribution in [2.75, 3.05) is 5.75 Å². The molecule has 0 saturated heterocycles. The molecule has 0 radical (unpaired) electrons. The Bertz CT molecular complexity index is 321. The second-order valence-corrected chi connectivity index (χ2v) is 4.04. The molecule has 0 amide bonds. The van der Waals surface area contributed by atoms with Crippen LogP contribution >= 0.6 is 11.8 Å². The Morgan fingerprint density at radius 2 is 2.23 bits per heavy atom. The number of hydrogen-bond acceptors (Lipinski definition) is 2. The summed E-state index contributed by atoms with van der Waals surface area (Å²) in [5.74, 6) is 0.0416. The van der Waals surface area contributed by atoms with Gasteiger partial charge in [0.05, 0.1) is 5.56 Å². The van der Waals surface area contributed by atoms with Crippen molar-refractivity contribution in [2.24, 2.45) is 0 Å². The van der Waals surface area contributed by atoms with E-state index in [-0.39, 0.29) is 0 Å². The molecule has 2 nitrogen and oxygen atoms in total. The summed E-state index contributed by atoms with van der Waals surface area (Å²) in [6, 6.07) is 5.40. The summed E-state index contributed by atoms with van der Waals surface area (Å²) in [7, 11) is 0. The van der Waals surface area contributed by atoms with E-state index in [1.54, 1.807) is 17.8 Å². The molecule has 3 heteroatoms. The average Bonchev–Trinajstić information content (AvgIpc) is 2.04. The number of carboxylic acids is 1. The molecule has 0 aromatic heterocycles. The zero-order chi connectivity index (χ0) is 9.84. The van der Waals surface area contributed by atoms with E-state index in [0.717, 1.165) is 16.2 Å². The van der Waals surface area contributed by atoms with Crippen LogP contribution in [-0.2, 0) is 0 Å². The molecule has 0 aliphatic carbocycles. The molecule has 0 fully saturated rings. The first-order valence-electron chi connectivity index (χ1n) is 4.12. The van der Waals surface area contributed by atoms with Crippen molar-refractivity contribution in [3.63, 3.8) is 0 Å². The molecule has 0 heterocycles. The Kier molecular flexibility index (Phi) is 3.37. The van der Waals surface area contributed by atoms with Gasteiger partial charge in [0.1, 0.15) is 0 Å². The van der Waals surface area contributed by atoms with E-state index in [1.807, 2.05) is 26.0 Å². The fourth-order valence-electron chi connectivity index (χ4n) is 1.08. The molecule has 1 rings (SSSR count). The molecule has 0 aliphatic heterocycles. The van der Waals surface area contributed by atoms with E-state index in [0.29, 0.717) is 5.56 Å². The van der Waals surface area contributed by atoms with Gasteiger partial charge in [0.15, 0.2) is 0 Å². The molecular weight excluding hydrogens is 184 g/mol. The smallest absolute Gasteiger partial charge is 0.336 e. The lowest BCUT2D eigenvalue weighted by molar-refractivity contribution is 0.0693. The molecule has 0 atom stereocenters. The van der Waals surface area contributed by atoms with Crippen molar-refractivity contribution in [3.05, 3.63) is 29.3 Å². The van der Waals surface area contributed by atoms with Gasteiger partial charge in [-0.2, -0.15) is 0 Å². The summed E-state index contributed by atoms with van der Waals surface area (Å²) in [4.78, 5) is 11.7. The summed E-state index contributed by atoms with van der Waals surface area (Å²) < 4.78 is 0. The first-order chi connectivity index (χ1) is 6.15. The second kappa shape index (κ2) is 4.33. The highest BCUT2D eigenvalue weighted by Crippen LogP contribution is 2.23. The maximum absolute atomic E-state index is 10.8. The predicted octanol–water partition coefficient (Wildman–Crippen LogP) is 2.81. The summed E-state index contributed by atoms with van der Waals surface area (Å²) in [5, 5.41) is 8.87. The van der Waals surface area contributed by atoms with Crippen LogP contribution in [0.2, 0.25) is 0 Å². The normalized spacial score (nSPS) is 10.0. The Labute approximate surface area is 82.0 Å². The largest absolute Gasteiger partial charge is 0.478 e. The molecule has 0 aliphatic rings. The Hall–Kier alpha value is -0.960. The highest BCUT2D eigenvalue weighted by atomic mass is 32.2. The average molecular weight is 196 g/mol. The van der Waals surface area contributed by atoms with Crippen molar-refractivity contribution in [1.29, 1.82) is 0 Å². The molecule has 1 aromatic rings.